The van der Waals surface area contributed by atoms with Gasteiger partial charge in [-0.05, 0) is 89.2 Å². The zero-order chi connectivity index (χ0) is 30.2. The van der Waals surface area contributed by atoms with Gasteiger partial charge in [0.15, 0.2) is 0 Å². The molecule has 1 aliphatic rings. The first-order valence-electron chi connectivity index (χ1n) is 14.4. The normalized spacial score (nSPS) is 14.5. The van der Waals surface area contributed by atoms with E-state index in [1.807, 2.05) is 6.08 Å². The van der Waals surface area contributed by atoms with Gasteiger partial charge in [0.1, 0.15) is 0 Å². The first-order chi connectivity index (χ1) is 20.2. The van der Waals surface area contributed by atoms with Crippen LogP contribution in [-0.2, 0) is 0 Å². The van der Waals surface area contributed by atoms with Gasteiger partial charge in [-0.3, -0.25) is 0 Å². The SMILES string of the molecule is CC1=C(C)C(=C(C=CC=CC=C(c2ccc(N(C)C)cc2)c2ccc(N(C)C)cc2)c2ccc(N(C)C)cc2)C=C[C]1. The highest BCUT2D eigenvalue weighted by Gasteiger charge is 2.12. The van der Waals surface area contributed by atoms with Gasteiger partial charge in [0.05, 0.1) is 0 Å². The highest BCUT2D eigenvalue weighted by Crippen LogP contribution is 2.32. The summed E-state index contributed by atoms with van der Waals surface area (Å²) in [6, 6.07) is 26.2. The number of hydrogen-bond donors (Lipinski definition) is 0. The maximum Gasteiger partial charge on any atom is 0.0378 e. The maximum absolute atomic E-state index is 3.34. The second-order valence-corrected chi connectivity index (χ2v) is 11.2. The highest BCUT2D eigenvalue weighted by atomic mass is 15.1. The van der Waals surface area contributed by atoms with Crippen molar-refractivity contribution in [3.05, 3.63) is 155 Å². The van der Waals surface area contributed by atoms with Gasteiger partial charge in [0.25, 0.3) is 0 Å². The largest absolute Gasteiger partial charge is 0.378 e. The van der Waals surface area contributed by atoms with E-state index in [0.29, 0.717) is 0 Å². The van der Waals surface area contributed by atoms with Gasteiger partial charge in [-0.25, -0.2) is 0 Å². The van der Waals surface area contributed by atoms with Crippen molar-refractivity contribution in [2.75, 3.05) is 57.0 Å². The topological polar surface area (TPSA) is 9.72 Å². The van der Waals surface area contributed by atoms with E-state index in [1.165, 1.54) is 61.6 Å². The maximum atomic E-state index is 3.34. The fourth-order valence-electron chi connectivity index (χ4n) is 4.86. The summed E-state index contributed by atoms with van der Waals surface area (Å²) in [5.74, 6) is 0. The predicted molar refractivity (Wildman–Crippen MR) is 185 cm³/mol. The predicted octanol–water partition coefficient (Wildman–Crippen LogP) is 8.87. The molecule has 4 rings (SSSR count). The fraction of sp³-hybridized carbons (Fsp3) is 0.205. The summed E-state index contributed by atoms with van der Waals surface area (Å²) in [5.41, 5.74) is 13.2. The van der Waals surface area contributed by atoms with Crippen molar-refractivity contribution in [3.8, 4) is 0 Å². The minimum atomic E-state index is 1.17. The Morgan fingerprint density at radius 2 is 1.02 bits per heavy atom. The van der Waals surface area contributed by atoms with Gasteiger partial charge in [0.2, 0.25) is 0 Å². The molecule has 0 N–H and O–H groups in total. The van der Waals surface area contributed by atoms with Gasteiger partial charge in [-0.15, -0.1) is 0 Å². The summed E-state index contributed by atoms with van der Waals surface area (Å²) < 4.78 is 0. The van der Waals surface area contributed by atoms with Crippen LogP contribution < -0.4 is 14.7 Å². The van der Waals surface area contributed by atoms with Crippen LogP contribution in [0.3, 0.4) is 0 Å². The lowest BCUT2D eigenvalue weighted by atomic mass is 9.88. The Bertz CT molecular complexity index is 1480. The number of hydrogen-bond acceptors (Lipinski definition) is 3. The first kappa shape index (κ1) is 30.5. The molecule has 0 saturated heterocycles. The van der Waals surface area contributed by atoms with E-state index in [9.17, 15) is 0 Å². The molecule has 0 unspecified atom stereocenters. The van der Waals surface area contributed by atoms with E-state index in [-0.39, 0.29) is 0 Å². The highest BCUT2D eigenvalue weighted by molar-refractivity contribution is 5.84. The molecule has 0 spiro atoms. The van der Waals surface area contributed by atoms with Crippen molar-refractivity contribution in [2.24, 2.45) is 0 Å². The van der Waals surface area contributed by atoms with Crippen molar-refractivity contribution in [3.63, 3.8) is 0 Å². The Kier molecular flexibility index (Phi) is 10.1. The second-order valence-electron chi connectivity index (χ2n) is 11.2. The molecule has 0 saturated carbocycles. The van der Waals surface area contributed by atoms with Crippen LogP contribution in [0.4, 0.5) is 17.1 Å². The van der Waals surface area contributed by atoms with E-state index in [2.05, 4.69) is 187 Å². The molecule has 42 heavy (non-hydrogen) atoms. The first-order valence-corrected chi connectivity index (χ1v) is 14.4. The lowest BCUT2D eigenvalue weighted by Crippen LogP contribution is -2.08. The standard InChI is InChI=1S/C39H43N3/c1-29-13-12-16-37(30(29)2)39(33-21-27-36(28-22-33)42(7)8)15-11-9-10-14-38(31-17-23-34(24-18-31)40(3)4)32-19-25-35(26-20-32)41(5)6/h9-12,14-28H,1-8H3. The molecular formula is C39H43N3. The van der Waals surface area contributed by atoms with Gasteiger partial charge < -0.3 is 14.7 Å². The summed E-state index contributed by atoms with van der Waals surface area (Å²) in [5, 5.41) is 0. The molecule has 0 aliphatic heterocycles. The van der Waals surface area contributed by atoms with E-state index in [0.717, 1.165) is 0 Å². The van der Waals surface area contributed by atoms with E-state index >= 15 is 0 Å². The molecule has 3 aromatic rings. The summed E-state index contributed by atoms with van der Waals surface area (Å²) in [7, 11) is 12.4. The van der Waals surface area contributed by atoms with E-state index in [4.69, 9.17) is 0 Å². The van der Waals surface area contributed by atoms with E-state index in [1.54, 1.807) is 0 Å². The van der Waals surface area contributed by atoms with Gasteiger partial charge in [-0.2, -0.15) is 0 Å². The zero-order valence-electron chi connectivity index (χ0n) is 26.3. The van der Waals surface area contributed by atoms with Crippen LogP contribution in [0, 0.1) is 6.42 Å². The molecule has 214 valence electrons. The monoisotopic (exact) mass is 553 g/mol. The van der Waals surface area contributed by atoms with Crippen molar-refractivity contribution in [1.29, 1.82) is 0 Å². The van der Waals surface area contributed by atoms with Gasteiger partial charge in [0, 0.05) is 65.8 Å². The van der Waals surface area contributed by atoms with Crippen LogP contribution in [0.5, 0.6) is 0 Å². The van der Waals surface area contributed by atoms with Crippen LogP contribution in [0.2, 0.25) is 0 Å². The number of benzene rings is 3. The molecule has 2 radical (unpaired) electrons. The van der Waals surface area contributed by atoms with Crippen molar-refractivity contribution < 1.29 is 0 Å². The lowest BCUT2D eigenvalue weighted by molar-refractivity contribution is 1.13. The molecule has 0 fully saturated rings. The minimum Gasteiger partial charge on any atom is -0.378 e. The quantitative estimate of drug-likeness (QED) is 0.245. The third kappa shape index (κ3) is 7.41. The zero-order valence-corrected chi connectivity index (χ0v) is 26.3. The van der Waals surface area contributed by atoms with Crippen LogP contribution in [0.25, 0.3) is 11.1 Å². The Morgan fingerprint density at radius 1 is 0.571 bits per heavy atom. The number of anilines is 3. The van der Waals surface area contributed by atoms with Gasteiger partial charge >= 0.3 is 0 Å². The Hall–Kier alpha value is -4.50. The molecule has 0 atom stereocenters. The number of nitrogens with zero attached hydrogens (tertiary/aromatic N) is 3. The third-order valence-electron chi connectivity index (χ3n) is 7.64. The Balaban J connectivity index is 1.70. The van der Waals surface area contributed by atoms with Crippen LogP contribution in [-0.4, -0.2) is 42.3 Å². The molecule has 1 aliphatic carbocycles. The molecule has 0 bridgehead atoms. The molecule has 0 amide bonds. The smallest absolute Gasteiger partial charge is 0.0378 e. The molecule has 3 heteroatoms. The minimum absolute atomic E-state index is 1.17. The van der Waals surface area contributed by atoms with Crippen molar-refractivity contribution in [2.45, 2.75) is 13.8 Å². The summed E-state index contributed by atoms with van der Waals surface area (Å²) >= 11 is 0. The summed E-state index contributed by atoms with van der Waals surface area (Å²) in [4.78, 5) is 6.38. The van der Waals surface area contributed by atoms with Crippen molar-refractivity contribution >= 4 is 28.2 Å². The lowest BCUT2D eigenvalue weighted by Gasteiger charge is -2.18. The van der Waals surface area contributed by atoms with Crippen LogP contribution in [0.1, 0.15) is 30.5 Å². The second kappa shape index (κ2) is 13.9. The van der Waals surface area contributed by atoms with E-state index < -0.39 is 0 Å². The summed E-state index contributed by atoms with van der Waals surface area (Å²) in [6.45, 7) is 4.30. The molecule has 3 aromatic carbocycles. The van der Waals surface area contributed by atoms with Crippen LogP contribution >= 0.6 is 0 Å². The Morgan fingerprint density at radius 3 is 1.48 bits per heavy atom. The molecule has 0 heterocycles. The van der Waals surface area contributed by atoms with Gasteiger partial charge in [-0.1, -0.05) is 84.5 Å². The molecule has 3 nitrogen and oxygen atoms in total. The molecular weight excluding hydrogens is 510 g/mol. The number of allylic oxidation sites excluding steroid dienone is 11. The number of rotatable bonds is 9. The third-order valence-corrected chi connectivity index (χ3v) is 7.64. The summed E-state index contributed by atoms with van der Waals surface area (Å²) in [6.07, 6.45) is 18.3. The molecule has 0 aromatic heterocycles. The van der Waals surface area contributed by atoms with Crippen LogP contribution in [0.15, 0.2) is 132 Å². The average molecular weight is 554 g/mol. The van der Waals surface area contributed by atoms with Crippen molar-refractivity contribution in [1.82, 2.24) is 0 Å². The Labute approximate surface area is 253 Å². The fourth-order valence-corrected chi connectivity index (χ4v) is 4.86. The average Bonchev–Trinajstić information content (AvgIpc) is 2.99.